The Balaban J connectivity index is 1.66. The van der Waals surface area contributed by atoms with Crippen LogP contribution in [0.1, 0.15) is 45.0 Å². The second kappa shape index (κ2) is 9.70. The largest absolute Gasteiger partial charge is 0.455 e. The lowest BCUT2D eigenvalue weighted by molar-refractivity contribution is -0.360. The number of methoxy groups -OCH3 is 1. The first-order valence-corrected chi connectivity index (χ1v) is 10.9. The van der Waals surface area contributed by atoms with Gasteiger partial charge in [0.2, 0.25) is 0 Å². The van der Waals surface area contributed by atoms with Crippen LogP contribution in [0.4, 0.5) is 0 Å². The molecule has 3 heterocycles. The van der Waals surface area contributed by atoms with Crippen molar-refractivity contribution in [3.05, 3.63) is 48.0 Å². The van der Waals surface area contributed by atoms with Crippen LogP contribution in [0.2, 0.25) is 0 Å². The van der Waals surface area contributed by atoms with Crippen molar-refractivity contribution in [2.24, 2.45) is 5.41 Å². The number of hydrogen-bond donors (Lipinski definition) is 0. The molecule has 8 nitrogen and oxygen atoms in total. The van der Waals surface area contributed by atoms with Crippen LogP contribution in [-0.2, 0) is 38.0 Å². The summed E-state index contributed by atoms with van der Waals surface area (Å²) in [4.78, 5) is 25.6. The van der Waals surface area contributed by atoms with E-state index in [-0.39, 0.29) is 13.0 Å². The van der Waals surface area contributed by atoms with Gasteiger partial charge in [-0.25, -0.2) is 0 Å². The second-order valence-electron chi connectivity index (χ2n) is 8.88. The Morgan fingerprint density at radius 2 is 1.75 bits per heavy atom. The topological polar surface area (TPSA) is 89.5 Å². The maximum atomic E-state index is 13.1. The number of allylic oxidation sites excluding steroid dienone is 2. The summed E-state index contributed by atoms with van der Waals surface area (Å²) in [6.45, 7) is 3.87. The van der Waals surface area contributed by atoms with E-state index in [4.69, 9.17) is 28.4 Å². The summed E-state index contributed by atoms with van der Waals surface area (Å²) in [5.41, 5.74) is 0.0725. The smallest absolute Gasteiger partial charge is 0.312 e. The SMILES string of the molecule is CO[C@H]1O[C@@H]2COC(c3ccccc3)O[C@H]2[C@@H]2OC(=O)C(C)(C)CC=CCCC(=O)O[C@@H]12. The van der Waals surface area contributed by atoms with E-state index in [0.717, 1.165) is 5.56 Å². The molecule has 0 aromatic heterocycles. The normalized spacial score (nSPS) is 35.3. The molecule has 0 aliphatic carbocycles. The van der Waals surface area contributed by atoms with E-state index in [2.05, 4.69) is 0 Å². The van der Waals surface area contributed by atoms with Gasteiger partial charge in [0.15, 0.2) is 24.8 Å². The molecule has 3 aliphatic rings. The van der Waals surface area contributed by atoms with Crippen LogP contribution in [0.3, 0.4) is 0 Å². The number of rotatable bonds is 2. The number of fused-ring (bicyclic) bond motifs is 3. The molecule has 1 aromatic rings. The molecule has 4 rings (SSSR count). The maximum absolute atomic E-state index is 13.1. The van der Waals surface area contributed by atoms with Gasteiger partial charge < -0.3 is 28.4 Å². The fourth-order valence-electron chi connectivity index (χ4n) is 4.05. The van der Waals surface area contributed by atoms with Crippen molar-refractivity contribution < 1.29 is 38.0 Å². The minimum Gasteiger partial charge on any atom is -0.455 e. The Labute approximate surface area is 187 Å². The first-order valence-electron chi connectivity index (χ1n) is 10.9. The van der Waals surface area contributed by atoms with E-state index in [0.29, 0.717) is 12.8 Å². The van der Waals surface area contributed by atoms with Gasteiger partial charge in [-0.15, -0.1) is 0 Å². The number of carbonyl (C=O) groups excluding carboxylic acids is 2. The predicted molar refractivity (Wildman–Crippen MR) is 112 cm³/mol. The lowest BCUT2D eigenvalue weighted by Gasteiger charge is -2.48. The molecular formula is C24H30O8. The summed E-state index contributed by atoms with van der Waals surface area (Å²) < 4.78 is 35.3. The zero-order valence-corrected chi connectivity index (χ0v) is 18.6. The Hall–Kier alpha value is -2.26. The van der Waals surface area contributed by atoms with Crippen LogP contribution >= 0.6 is 0 Å². The third-order valence-electron chi connectivity index (χ3n) is 5.96. The summed E-state index contributed by atoms with van der Waals surface area (Å²) in [5, 5.41) is 0. The van der Waals surface area contributed by atoms with Crippen molar-refractivity contribution in [3.63, 3.8) is 0 Å². The monoisotopic (exact) mass is 446 g/mol. The molecule has 8 heteroatoms. The minimum absolute atomic E-state index is 0.204. The Bertz CT molecular complexity index is 836. The Morgan fingerprint density at radius 1 is 0.969 bits per heavy atom. The molecule has 2 saturated heterocycles. The van der Waals surface area contributed by atoms with E-state index < -0.39 is 54.3 Å². The molecule has 1 aromatic carbocycles. The molecule has 6 atom stereocenters. The van der Waals surface area contributed by atoms with E-state index in [1.807, 2.05) is 56.3 Å². The maximum Gasteiger partial charge on any atom is 0.312 e. The predicted octanol–water partition coefficient (Wildman–Crippen LogP) is 3.06. The molecule has 3 aliphatic heterocycles. The molecular weight excluding hydrogens is 416 g/mol. The summed E-state index contributed by atoms with van der Waals surface area (Å²) in [7, 11) is 1.46. The molecule has 0 spiro atoms. The number of hydrogen-bond acceptors (Lipinski definition) is 8. The van der Waals surface area contributed by atoms with Gasteiger partial charge in [-0.3, -0.25) is 9.59 Å². The van der Waals surface area contributed by atoms with Gasteiger partial charge >= 0.3 is 11.9 Å². The average molecular weight is 446 g/mol. The summed E-state index contributed by atoms with van der Waals surface area (Å²) in [5.74, 6) is -0.827. The Kier molecular flexibility index (Phi) is 6.95. The van der Waals surface area contributed by atoms with Crippen LogP contribution in [0.15, 0.2) is 42.5 Å². The summed E-state index contributed by atoms with van der Waals surface area (Å²) in [6.07, 6.45) is 0.290. The summed E-state index contributed by atoms with van der Waals surface area (Å²) in [6, 6.07) is 9.48. The number of ether oxygens (including phenoxy) is 6. The van der Waals surface area contributed by atoms with Gasteiger partial charge in [0.1, 0.15) is 12.2 Å². The average Bonchev–Trinajstić information content (AvgIpc) is 2.79. The lowest BCUT2D eigenvalue weighted by atomic mass is 9.88. The molecule has 0 N–H and O–H groups in total. The summed E-state index contributed by atoms with van der Waals surface area (Å²) >= 11 is 0. The fraction of sp³-hybridized carbons (Fsp3) is 0.583. The first kappa shape index (κ1) is 22.9. The van der Waals surface area contributed by atoms with Crippen molar-refractivity contribution in [2.75, 3.05) is 13.7 Å². The van der Waals surface area contributed by atoms with E-state index in [1.54, 1.807) is 0 Å². The third-order valence-corrected chi connectivity index (χ3v) is 5.96. The van der Waals surface area contributed by atoms with Gasteiger partial charge in [-0.05, 0) is 26.7 Å². The molecule has 0 bridgehead atoms. The van der Waals surface area contributed by atoms with Gasteiger partial charge in [-0.2, -0.15) is 0 Å². The first-order chi connectivity index (χ1) is 15.4. The van der Waals surface area contributed by atoms with Crippen molar-refractivity contribution in [2.45, 2.75) is 70.1 Å². The quantitative estimate of drug-likeness (QED) is 0.506. The number of benzene rings is 1. The van der Waals surface area contributed by atoms with Crippen LogP contribution in [0, 0.1) is 5.41 Å². The zero-order chi connectivity index (χ0) is 22.7. The number of esters is 2. The van der Waals surface area contributed by atoms with Crippen molar-refractivity contribution >= 4 is 11.9 Å². The Morgan fingerprint density at radius 3 is 2.50 bits per heavy atom. The molecule has 0 radical (unpaired) electrons. The van der Waals surface area contributed by atoms with Gasteiger partial charge in [-0.1, -0.05) is 42.5 Å². The lowest BCUT2D eigenvalue weighted by Crippen LogP contribution is -2.64. The van der Waals surface area contributed by atoms with Crippen LogP contribution in [0.5, 0.6) is 0 Å². The van der Waals surface area contributed by atoms with Crippen LogP contribution in [0.25, 0.3) is 0 Å². The second-order valence-corrected chi connectivity index (χ2v) is 8.88. The van der Waals surface area contributed by atoms with E-state index >= 15 is 0 Å². The van der Waals surface area contributed by atoms with Gasteiger partial charge in [0, 0.05) is 19.1 Å². The highest BCUT2D eigenvalue weighted by atomic mass is 16.8. The number of carbonyl (C=O) groups is 2. The van der Waals surface area contributed by atoms with Crippen LogP contribution < -0.4 is 0 Å². The standard InChI is InChI=1S/C24H30O8/c1-24(2)13-9-5-8-12-17(25)30-20-19(32-23(24)26)18-16(29-22(20)27-3)14-28-21(31-18)15-10-6-4-7-11-15/h4-7,9-11,16,18-22H,8,12-14H2,1-3H3/t16-,18-,19+,20-,21?,22+/m1/s1. The van der Waals surface area contributed by atoms with Crippen molar-refractivity contribution in [1.29, 1.82) is 0 Å². The van der Waals surface area contributed by atoms with E-state index in [1.165, 1.54) is 7.11 Å². The highest BCUT2D eigenvalue weighted by Gasteiger charge is 2.54. The van der Waals surface area contributed by atoms with E-state index in [9.17, 15) is 9.59 Å². The molecule has 174 valence electrons. The molecule has 1 unspecified atom stereocenters. The molecule has 0 saturated carbocycles. The van der Waals surface area contributed by atoms with Crippen molar-refractivity contribution in [1.82, 2.24) is 0 Å². The molecule has 0 amide bonds. The van der Waals surface area contributed by atoms with Crippen molar-refractivity contribution in [3.8, 4) is 0 Å². The van der Waals surface area contributed by atoms with Gasteiger partial charge in [0.05, 0.1) is 12.0 Å². The highest BCUT2D eigenvalue weighted by molar-refractivity contribution is 5.76. The molecule has 32 heavy (non-hydrogen) atoms. The van der Waals surface area contributed by atoms with Crippen LogP contribution in [-0.4, -0.2) is 56.4 Å². The highest BCUT2D eigenvalue weighted by Crippen LogP contribution is 2.38. The minimum atomic E-state index is -0.966. The third kappa shape index (κ3) is 4.88. The zero-order valence-electron chi connectivity index (χ0n) is 18.6. The van der Waals surface area contributed by atoms with Gasteiger partial charge in [0.25, 0.3) is 0 Å². The molecule has 2 fully saturated rings. The fourth-order valence-corrected chi connectivity index (χ4v) is 4.05.